The number of rotatable bonds is 5. The minimum atomic E-state index is -4.95. The minimum Gasteiger partial charge on any atom is -0.500 e. The van der Waals surface area contributed by atoms with E-state index in [1.807, 2.05) is 60.8 Å². The number of halogens is 3. The molecule has 0 aliphatic rings. The molecular weight excluding hydrogens is 894 g/mol. The Morgan fingerprint density at radius 1 is 0.702 bits per heavy atom. The van der Waals surface area contributed by atoms with Crippen LogP contribution in [0.4, 0.5) is 13.2 Å². The third-order valence-electron chi connectivity index (χ3n) is 9.68. The fourth-order valence-corrected chi connectivity index (χ4v) is 6.34. The summed E-state index contributed by atoms with van der Waals surface area (Å²) in [5.41, 5.74) is 0.470. The van der Waals surface area contributed by atoms with Gasteiger partial charge in [0.05, 0.1) is 11.0 Å². The summed E-state index contributed by atoms with van der Waals surface area (Å²) in [4.78, 5) is 8.85. The third-order valence-corrected chi connectivity index (χ3v) is 9.68. The maximum absolute atomic E-state index is 13.9. The number of pyridine rings is 2. The monoisotopic (exact) mass is 950 g/mol. The Morgan fingerprint density at radius 3 is 2.16 bits per heavy atom. The molecule has 0 N–H and O–H groups in total. The average molecular weight is 950 g/mol. The van der Waals surface area contributed by atoms with Crippen LogP contribution in [0.5, 0.6) is 0 Å². The number of hydrogen-bond acceptors (Lipinski definition) is 3. The summed E-state index contributed by atoms with van der Waals surface area (Å²) in [6.07, 6.45) is -5.01. The van der Waals surface area contributed by atoms with E-state index in [1.165, 1.54) is 17.7 Å². The molecule has 7 heteroatoms. The van der Waals surface area contributed by atoms with E-state index in [0.717, 1.165) is 57.2 Å². The van der Waals surface area contributed by atoms with Crippen molar-refractivity contribution in [3.63, 3.8) is 0 Å². The van der Waals surface area contributed by atoms with Crippen molar-refractivity contribution in [3.05, 3.63) is 155 Å². The van der Waals surface area contributed by atoms with Crippen molar-refractivity contribution in [1.82, 2.24) is 9.97 Å². The summed E-state index contributed by atoms with van der Waals surface area (Å²) in [7, 11) is 0. The van der Waals surface area contributed by atoms with Gasteiger partial charge in [0.25, 0.3) is 0 Å². The standard InChI is InChI=1S/C34H27F3NO.C16H18N.Ir/c1-20-16-22(18-33(3,4)34(35,36)37)12-14-24(20)29-17-30(38-19-21(29)2)28-11-7-10-26-27-15-13-23-8-5-6-9-25(23)31(27)39-32(26)28;1-12-5-7-13(8-6-12)15-10-9-14(11-17-15)16(2,3)4;/h5-10,12-17,19H,18H2,1-4H3;5-7,9-11H,1-4H3;/q2*-1;/i1D3,2D3,18D2;1D3;. The summed E-state index contributed by atoms with van der Waals surface area (Å²) in [6.45, 7) is 0.0322. The molecule has 5 aromatic carbocycles. The van der Waals surface area contributed by atoms with E-state index in [1.54, 1.807) is 18.2 Å². The molecule has 57 heavy (non-hydrogen) atoms. The van der Waals surface area contributed by atoms with Gasteiger partial charge in [0.2, 0.25) is 0 Å². The normalized spacial score (nSPS) is 15.8. The zero-order chi connectivity index (χ0) is 49.3. The van der Waals surface area contributed by atoms with E-state index in [9.17, 15) is 13.2 Å². The Bertz CT molecular complexity index is 3060. The fourth-order valence-electron chi connectivity index (χ4n) is 6.34. The molecule has 0 spiro atoms. The van der Waals surface area contributed by atoms with E-state index in [2.05, 4.69) is 42.9 Å². The van der Waals surface area contributed by atoms with Crippen LogP contribution >= 0.6 is 0 Å². The number of aryl methyl sites for hydroxylation is 3. The zero-order valence-electron chi connectivity index (χ0n) is 42.7. The first-order chi connectivity index (χ1) is 30.9. The molecule has 8 rings (SSSR count). The molecule has 293 valence electrons. The Kier molecular flexibility index (Phi) is 8.21. The van der Waals surface area contributed by atoms with Crippen molar-refractivity contribution in [1.29, 1.82) is 0 Å². The molecule has 0 atom stereocenters. The number of alkyl halides is 3. The topological polar surface area (TPSA) is 38.9 Å². The second-order valence-electron chi connectivity index (χ2n) is 15.2. The first-order valence-electron chi connectivity index (χ1n) is 23.4. The van der Waals surface area contributed by atoms with Crippen molar-refractivity contribution >= 4 is 32.7 Å². The van der Waals surface area contributed by atoms with Gasteiger partial charge < -0.3 is 14.4 Å². The first kappa shape index (κ1) is 29.2. The Balaban J connectivity index is 0.000000304. The van der Waals surface area contributed by atoms with Crippen LogP contribution < -0.4 is 0 Å². The SMILES string of the molecule is [2H]C([2H])([2H])c1c[c-]c(-c2ccc(C(C)(C)C)cn2)cc1.[2H]C([2H])([2H])c1cnc(-c2[c-]ccc3c2oc2c4ccccc4ccc32)cc1-c1ccc(C([2H])([2H])C(C)(C)C(F)(F)F)cc1C([2H])([2H])[2H].[Ir]. The first-order valence-corrected chi connectivity index (χ1v) is 17.9. The van der Waals surface area contributed by atoms with Crippen LogP contribution in [0.25, 0.3) is 66.4 Å². The van der Waals surface area contributed by atoms with Gasteiger partial charge in [-0.2, -0.15) is 13.2 Å². The molecule has 1 radical (unpaired) electrons. The Morgan fingerprint density at radius 2 is 1.47 bits per heavy atom. The van der Waals surface area contributed by atoms with Crippen LogP contribution in [0.1, 0.15) is 77.5 Å². The zero-order valence-corrected chi connectivity index (χ0v) is 34.1. The van der Waals surface area contributed by atoms with Crippen LogP contribution in [-0.4, -0.2) is 16.1 Å². The molecule has 0 saturated carbocycles. The van der Waals surface area contributed by atoms with Gasteiger partial charge in [0.1, 0.15) is 5.58 Å². The van der Waals surface area contributed by atoms with Gasteiger partial charge in [-0.1, -0.05) is 125 Å². The van der Waals surface area contributed by atoms with Crippen molar-refractivity contribution in [2.24, 2.45) is 5.41 Å². The molecule has 0 bridgehead atoms. The molecule has 0 amide bonds. The predicted octanol–water partition coefficient (Wildman–Crippen LogP) is 14.2. The Hall–Kier alpha value is -5.10. The molecule has 0 fully saturated rings. The van der Waals surface area contributed by atoms with E-state index < -0.39 is 49.6 Å². The molecule has 3 aromatic heterocycles. The summed E-state index contributed by atoms with van der Waals surface area (Å²) in [5.74, 6) is 0. The molecule has 0 aliphatic carbocycles. The van der Waals surface area contributed by atoms with Crippen molar-refractivity contribution < 1.29 is 52.8 Å². The molecule has 3 heterocycles. The van der Waals surface area contributed by atoms with Crippen molar-refractivity contribution in [2.45, 2.75) is 73.1 Å². The molecular formula is C50H45F3IrN2O-2. The van der Waals surface area contributed by atoms with Gasteiger partial charge in [-0.05, 0) is 75.6 Å². The van der Waals surface area contributed by atoms with Gasteiger partial charge in [0.15, 0.2) is 0 Å². The van der Waals surface area contributed by atoms with Gasteiger partial charge in [0, 0.05) is 58.3 Å². The van der Waals surface area contributed by atoms with E-state index in [-0.39, 0.29) is 47.9 Å². The van der Waals surface area contributed by atoms with E-state index in [0.29, 0.717) is 36.1 Å². The average Bonchev–Trinajstić information content (AvgIpc) is 3.64. The van der Waals surface area contributed by atoms with Crippen LogP contribution in [-0.2, 0) is 31.9 Å². The predicted molar refractivity (Wildman–Crippen MR) is 224 cm³/mol. The second-order valence-corrected chi connectivity index (χ2v) is 15.2. The van der Waals surface area contributed by atoms with Gasteiger partial charge in [-0.15, -0.1) is 53.6 Å². The minimum absolute atomic E-state index is 0. The maximum Gasteiger partial charge on any atom is 0.394 e. The van der Waals surface area contributed by atoms with Crippen molar-refractivity contribution in [2.75, 3.05) is 0 Å². The second kappa shape index (κ2) is 16.0. The maximum atomic E-state index is 13.9. The van der Waals surface area contributed by atoms with E-state index >= 15 is 0 Å². The molecule has 3 nitrogen and oxygen atoms in total. The summed E-state index contributed by atoms with van der Waals surface area (Å²) < 4.78 is 136. The van der Waals surface area contributed by atoms with Gasteiger partial charge in [-0.3, -0.25) is 0 Å². The number of fused-ring (bicyclic) bond motifs is 5. The van der Waals surface area contributed by atoms with Crippen LogP contribution in [0.3, 0.4) is 0 Å². The number of benzene rings is 5. The Labute approximate surface area is 362 Å². The number of aromatic nitrogens is 2. The molecule has 8 aromatic rings. The fraction of sp³-hybridized carbons (Fsp3) is 0.240. The van der Waals surface area contributed by atoms with Crippen molar-refractivity contribution in [3.8, 4) is 33.6 Å². The van der Waals surface area contributed by atoms with Crippen LogP contribution in [0.15, 0.2) is 120 Å². The summed E-state index contributed by atoms with van der Waals surface area (Å²) >= 11 is 0. The number of nitrogens with zero attached hydrogens (tertiary/aromatic N) is 2. The summed E-state index contributed by atoms with van der Waals surface area (Å²) in [6, 6.07) is 34.6. The van der Waals surface area contributed by atoms with E-state index in [4.69, 9.17) is 19.5 Å². The van der Waals surface area contributed by atoms with Gasteiger partial charge in [-0.25, -0.2) is 0 Å². The quantitative estimate of drug-likeness (QED) is 0.161. The number of hydrogen-bond donors (Lipinski definition) is 0. The molecule has 0 unspecified atom stereocenters. The van der Waals surface area contributed by atoms with Gasteiger partial charge >= 0.3 is 6.18 Å². The molecule has 0 aliphatic heterocycles. The van der Waals surface area contributed by atoms with Crippen LogP contribution in [0, 0.1) is 38.1 Å². The van der Waals surface area contributed by atoms with Crippen LogP contribution in [0.2, 0.25) is 0 Å². The molecule has 0 saturated heterocycles. The summed E-state index contributed by atoms with van der Waals surface area (Å²) in [5, 5.41) is 3.44. The smallest absolute Gasteiger partial charge is 0.394 e. The largest absolute Gasteiger partial charge is 0.500 e. The third kappa shape index (κ3) is 8.61. The number of furan rings is 1.